The molecule has 0 spiro atoms. The highest BCUT2D eigenvalue weighted by Gasteiger charge is 2.57. The van der Waals surface area contributed by atoms with Crippen LogP contribution in [0.4, 0.5) is 18.9 Å². The number of hydrogen-bond donors (Lipinski definition) is 1. The lowest BCUT2D eigenvalue weighted by Crippen LogP contribution is -2.47. The van der Waals surface area contributed by atoms with Crippen LogP contribution in [-0.2, 0) is 0 Å². The van der Waals surface area contributed by atoms with Crippen LogP contribution in [0.1, 0.15) is 31.7 Å². The van der Waals surface area contributed by atoms with Crippen LogP contribution in [-0.4, -0.2) is 30.0 Å². The molecule has 1 aliphatic rings. The van der Waals surface area contributed by atoms with Crippen molar-refractivity contribution in [1.29, 1.82) is 0 Å². The Hall–Kier alpha value is -1.23. The predicted octanol–water partition coefficient (Wildman–Crippen LogP) is 3.31. The van der Waals surface area contributed by atoms with E-state index in [0.717, 1.165) is 11.3 Å². The van der Waals surface area contributed by atoms with Gasteiger partial charge in [0.2, 0.25) is 0 Å². The van der Waals surface area contributed by atoms with Gasteiger partial charge in [-0.3, -0.25) is 0 Å². The maximum absolute atomic E-state index is 12.7. The average molecular weight is 273 g/mol. The molecule has 1 aliphatic heterocycles. The highest BCUT2D eigenvalue weighted by molar-refractivity contribution is 5.49. The zero-order valence-corrected chi connectivity index (χ0v) is 11.0. The number of halogens is 3. The third-order valence-electron chi connectivity index (χ3n) is 3.70. The number of alkyl halides is 3. The van der Waals surface area contributed by atoms with Crippen LogP contribution < -0.4 is 4.90 Å². The molecular formula is C14H18F3NO. The molecule has 1 fully saturated rings. The number of anilines is 1. The lowest BCUT2D eigenvalue weighted by Gasteiger charge is -2.26. The summed E-state index contributed by atoms with van der Waals surface area (Å²) in [6.45, 7) is 3.95. The lowest BCUT2D eigenvalue weighted by molar-refractivity contribution is -0.250. The van der Waals surface area contributed by atoms with E-state index in [4.69, 9.17) is 0 Å². The first-order valence-electron chi connectivity index (χ1n) is 6.37. The third kappa shape index (κ3) is 2.71. The van der Waals surface area contributed by atoms with Gasteiger partial charge in [-0.05, 0) is 23.6 Å². The van der Waals surface area contributed by atoms with Gasteiger partial charge in [-0.1, -0.05) is 26.0 Å². The van der Waals surface area contributed by atoms with Gasteiger partial charge in [0.15, 0.2) is 5.60 Å². The Balaban J connectivity index is 2.13. The Kier molecular flexibility index (Phi) is 3.51. The van der Waals surface area contributed by atoms with Crippen molar-refractivity contribution in [2.75, 3.05) is 18.0 Å². The van der Waals surface area contributed by atoms with Gasteiger partial charge in [-0.25, -0.2) is 0 Å². The fraction of sp³-hybridized carbons (Fsp3) is 0.571. The molecule has 19 heavy (non-hydrogen) atoms. The summed E-state index contributed by atoms with van der Waals surface area (Å²) in [5, 5.41) is 9.64. The Morgan fingerprint density at radius 3 is 2.21 bits per heavy atom. The number of hydrogen-bond acceptors (Lipinski definition) is 2. The lowest BCUT2D eigenvalue weighted by atomic mass is 10.0. The third-order valence-corrected chi connectivity index (χ3v) is 3.70. The zero-order valence-electron chi connectivity index (χ0n) is 11.0. The standard InChI is InChI=1S/C14H18F3NO/c1-10(2)11-3-5-12(6-4-11)18-8-7-13(19,9-18)14(15,16)17/h3-6,10,19H,7-9H2,1-2H3/t13-/m0/s1. The van der Waals surface area contributed by atoms with Crippen molar-refractivity contribution in [3.63, 3.8) is 0 Å². The molecule has 0 bridgehead atoms. The van der Waals surface area contributed by atoms with Crippen molar-refractivity contribution in [3.8, 4) is 0 Å². The SMILES string of the molecule is CC(C)c1ccc(N2CC[C@@](O)(C(F)(F)F)C2)cc1. The normalized spacial score (nSPS) is 24.3. The van der Waals surface area contributed by atoms with Crippen LogP contribution in [0.15, 0.2) is 24.3 Å². The molecule has 0 amide bonds. The van der Waals surface area contributed by atoms with E-state index in [9.17, 15) is 18.3 Å². The minimum atomic E-state index is -4.57. The van der Waals surface area contributed by atoms with Crippen molar-refractivity contribution in [3.05, 3.63) is 29.8 Å². The van der Waals surface area contributed by atoms with E-state index in [1.165, 1.54) is 0 Å². The van der Waals surface area contributed by atoms with E-state index in [-0.39, 0.29) is 13.0 Å². The summed E-state index contributed by atoms with van der Waals surface area (Å²) < 4.78 is 38.2. The van der Waals surface area contributed by atoms with Gasteiger partial charge in [-0.2, -0.15) is 13.2 Å². The first-order chi connectivity index (χ1) is 8.73. The smallest absolute Gasteiger partial charge is 0.379 e. The molecule has 1 aromatic carbocycles. The number of aliphatic hydroxyl groups is 1. The van der Waals surface area contributed by atoms with Crippen LogP contribution in [0.2, 0.25) is 0 Å². The van der Waals surface area contributed by atoms with E-state index in [1.807, 2.05) is 24.3 Å². The number of benzene rings is 1. The molecule has 1 heterocycles. The van der Waals surface area contributed by atoms with Crippen LogP contribution in [0.3, 0.4) is 0 Å². The Labute approximate surface area is 110 Å². The van der Waals surface area contributed by atoms with Gasteiger partial charge >= 0.3 is 6.18 Å². The van der Waals surface area contributed by atoms with Gasteiger partial charge in [-0.15, -0.1) is 0 Å². The molecular weight excluding hydrogens is 255 g/mol. The maximum Gasteiger partial charge on any atom is 0.418 e. The monoisotopic (exact) mass is 273 g/mol. The fourth-order valence-electron chi connectivity index (χ4n) is 2.32. The summed E-state index contributed by atoms with van der Waals surface area (Å²) in [5.41, 5.74) is -0.706. The van der Waals surface area contributed by atoms with Gasteiger partial charge in [0, 0.05) is 18.7 Å². The van der Waals surface area contributed by atoms with E-state index in [0.29, 0.717) is 5.92 Å². The Morgan fingerprint density at radius 2 is 1.79 bits per heavy atom. The number of nitrogens with zero attached hydrogens (tertiary/aromatic N) is 1. The molecule has 5 heteroatoms. The molecule has 0 radical (unpaired) electrons. The molecule has 0 aliphatic carbocycles. The number of rotatable bonds is 2. The van der Waals surface area contributed by atoms with Gasteiger partial charge in [0.25, 0.3) is 0 Å². The van der Waals surface area contributed by atoms with E-state index >= 15 is 0 Å². The van der Waals surface area contributed by atoms with E-state index in [2.05, 4.69) is 13.8 Å². The highest BCUT2D eigenvalue weighted by Crippen LogP contribution is 2.39. The first-order valence-corrected chi connectivity index (χ1v) is 6.37. The fourth-order valence-corrected chi connectivity index (χ4v) is 2.32. The summed E-state index contributed by atoms with van der Waals surface area (Å²) in [6.07, 6.45) is -4.85. The van der Waals surface area contributed by atoms with Crippen LogP contribution in [0.5, 0.6) is 0 Å². The maximum atomic E-state index is 12.7. The molecule has 1 N–H and O–H groups in total. The largest absolute Gasteiger partial charge is 0.418 e. The first kappa shape index (κ1) is 14.2. The second-order valence-corrected chi connectivity index (χ2v) is 5.45. The molecule has 0 aromatic heterocycles. The van der Waals surface area contributed by atoms with Crippen molar-refractivity contribution in [2.24, 2.45) is 0 Å². The van der Waals surface area contributed by atoms with Crippen LogP contribution in [0.25, 0.3) is 0 Å². The quantitative estimate of drug-likeness (QED) is 0.893. The summed E-state index contributed by atoms with van der Waals surface area (Å²) in [7, 11) is 0. The molecule has 106 valence electrons. The van der Waals surface area contributed by atoms with E-state index < -0.39 is 18.3 Å². The van der Waals surface area contributed by atoms with Gasteiger partial charge in [0.1, 0.15) is 0 Å². The summed E-state index contributed by atoms with van der Waals surface area (Å²) in [4.78, 5) is 1.58. The summed E-state index contributed by atoms with van der Waals surface area (Å²) >= 11 is 0. The Bertz CT molecular complexity index is 441. The molecule has 0 unspecified atom stereocenters. The molecule has 0 saturated carbocycles. The molecule has 2 rings (SSSR count). The van der Waals surface area contributed by atoms with Crippen molar-refractivity contribution in [2.45, 2.75) is 38.0 Å². The second kappa shape index (κ2) is 4.71. The Morgan fingerprint density at radius 1 is 1.21 bits per heavy atom. The van der Waals surface area contributed by atoms with Crippen LogP contribution >= 0.6 is 0 Å². The molecule has 1 atom stereocenters. The number of β-amino-alcohol motifs (C(OH)–C–C–N with tert-alkyl or cyclic N) is 1. The van der Waals surface area contributed by atoms with Crippen molar-refractivity contribution in [1.82, 2.24) is 0 Å². The molecule has 2 nitrogen and oxygen atoms in total. The van der Waals surface area contributed by atoms with Gasteiger partial charge in [0.05, 0.1) is 6.54 Å². The minimum absolute atomic E-state index is 0.219. The summed E-state index contributed by atoms with van der Waals surface area (Å²) in [6, 6.07) is 7.48. The molecule has 1 saturated heterocycles. The second-order valence-electron chi connectivity index (χ2n) is 5.45. The van der Waals surface area contributed by atoms with Crippen molar-refractivity contribution < 1.29 is 18.3 Å². The van der Waals surface area contributed by atoms with Crippen LogP contribution in [0, 0.1) is 0 Å². The highest BCUT2D eigenvalue weighted by atomic mass is 19.4. The average Bonchev–Trinajstić information content (AvgIpc) is 2.73. The van der Waals surface area contributed by atoms with Crippen molar-refractivity contribution >= 4 is 5.69 Å². The molecule has 1 aromatic rings. The topological polar surface area (TPSA) is 23.5 Å². The van der Waals surface area contributed by atoms with Gasteiger partial charge < -0.3 is 10.0 Å². The van der Waals surface area contributed by atoms with E-state index in [1.54, 1.807) is 4.90 Å². The summed E-state index contributed by atoms with van der Waals surface area (Å²) in [5.74, 6) is 0.389. The predicted molar refractivity (Wildman–Crippen MR) is 68.4 cm³/mol. The zero-order chi connectivity index (χ0) is 14.3. The minimum Gasteiger partial charge on any atom is -0.379 e.